The van der Waals surface area contributed by atoms with E-state index in [4.69, 9.17) is 0 Å². The van der Waals surface area contributed by atoms with Crippen LogP contribution < -0.4 is 5.32 Å². The summed E-state index contributed by atoms with van der Waals surface area (Å²) in [5.41, 5.74) is 1.89. The zero-order chi connectivity index (χ0) is 17.5. The molecule has 4 heteroatoms. The average molecular weight is 336 g/mol. The van der Waals surface area contributed by atoms with Crippen LogP contribution in [0.1, 0.15) is 35.2 Å². The van der Waals surface area contributed by atoms with Crippen molar-refractivity contribution in [2.24, 2.45) is 0 Å². The van der Waals surface area contributed by atoms with Crippen molar-refractivity contribution in [3.05, 3.63) is 71.8 Å². The lowest BCUT2D eigenvalue weighted by atomic mass is 10.0. The lowest BCUT2D eigenvalue weighted by Crippen LogP contribution is -2.42. The predicted octanol–water partition coefficient (Wildman–Crippen LogP) is 3.04. The third-order valence-corrected chi connectivity index (χ3v) is 4.74. The van der Waals surface area contributed by atoms with Gasteiger partial charge in [0.05, 0.1) is 6.54 Å². The summed E-state index contributed by atoms with van der Waals surface area (Å²) < 4.78 is 0. The molecule has 1 N–H and O–H groups in total. The van der Waals surface area contributed by atoms with Gasteiger partial charge < -0.3 is 10.2 Å². The summed E-state index contributed by atoms with van der Waals surface area (Å²) in [6, 6.07) is 19.6. The van der Waals surface area contributed by atoms with Crippen LogP contribution in [0.25, 0.3) is 0 Å². The van der Waals surface area contributed by atoms with Crippen LogP contribution >= 0.6 is 0 Å². The number of aryl methyl sites for hydroxylation is 1. The Morgan fingerprint density at radius 3 is 2.40 bits per heavy atom. The van der Waals surface area contributed by atoms with Crippen LogP contribution in [0.4, 0.5) is 0 Å². The highest BCUT2D eigenvalue weighted by Crippen LogP contribution is 2.21. The molecule has 0 radical (unpaired) electrons. The number of amides is 2. The number of hydrogen-bond acceptors (Lipinski definition) is 2. The zero-order valence-corrected chi connectivity index (χ0v) is 14.4. The van der Waals surface area contributed by atoms with E-state index >= 15 is 0 Å². The number of benzene rings is 2. The molecule has 130 valence electrons. The first-order chi connectivity index (χ1) is 12.2. The lowest BCUT2D eigenvalue weighted by Gasteiger charge is -2.25. The Morgan fingerprint density at radius 1 is 1.00 bits per heavy atom. The van der Waals surface area contributed by atoms with Crippen LogP contribution in [-0.2, 0) is 11.2 Å². The molecule has 0 saturated carbocycles. The van der Waals surface area contributed by atoms with E-state index in [1.165, 1.54) is 5.56 Å². The highest BCUT2D eigenvalue weighted by molar-refractivity contribution is 5.96. The van der Waals surface area contributed by atoms with Gasteiger partial charge in [-0.2, -0.15) is 0 Å². The molecule has 3 rings (SSSR count). The minimum Gasteiger partial charge on any atom is -0.343 e. The minimum atomic E-state index is -0.200. The van der Waals surface area contributed by atoms with Gasteiger partial charge in [-0.3, -0.25) is 9.59 Å². The molecule has 2 aromatic carbocycles. The summed E-state index contributed by atoms with van der Waals surface area (Å²) in [6.07, 6.45) is 4.04. The van der Waals surface area contributed by atoms with Gasteiger partial charge in [-0.1, -0.05) is 48.5 Å². The third kappa shape index (κ3) is 4.69. The van der Waals surface area contributed by atoms with Gasteiger partial charge in [-0.05, 0) is 43.4 Å². The smallest absolute Gasteiger partial charge is 0.251 e. The van der Waals surface area contributed by atoms with Gasteiger partial charge in [-0.15, -0.1) is 0 Å². The van der Waals surface area contributed by atoms with E-state index in [1.54, 1.807) is 12.1 Å². The molecular weight excluding hydrogens is 312 g/mol. The molecule has 0 aliphatic carbocycles. The second-order valence-electron chi connectivity index (χ2n) is 6.46. The molecule has 0 spiro atoms. The van der Waals surface area contributed by atoms with Gasteiger partial charge >= 0.3 is 0 Å². The Balaban J connectivity index is 1.49. The van der Waals surface area contributed by atoms with Crippen LogP contribution in [-0.4, -0.2) is 35.8 Å². The molecule has 2 aromatic rings. The molecule has 25 heavy (non-hydrogen) atoms. The molecular formula is C21H24N2O2. The van der Waals surface area contributed by atoms with Crippen molar-refractivity contribution in [2.45, 2.75) is 31.7 Å². The highest BCUT2D eigenvalue weighted by atomic mass is 16.2. The van der Waals surface area contributed by atoms with E-state index in [2.05, 4.69) is 17.4 Å². The van der Waals surface area contributed by atoms with Gasteiger partial charge in [0, 0.05) is 18.2 Å². The molecule has 1 aliphatic heterocycles. The van der Waals surface area contributed by atoms with Gasteiger partial charge in [0.1, 0.15) is 0 Å². The van der Waals surface area contributed by atoms with Gasteiger partial charge in [0.25, 0.3) is 5.91 Å². The number of carbonyl (C=O) groups excluding carboxylic acids is 2. The first-order valence-corrected chi connectivity index (χ1v) is 8.90. The lowest BCUT2D eigenvalue weighted by molar-refractivity contribution is -0.131. The van der Waals surface area contributed by atoms with Gasteiger partial charge in [0.2, 0.25) is 5.91 Å². The Labute approximate surface area is 148 Å². The van der Waals surface area contributed by atoms with Crippen molar-refractivity contribution in [2.75, 3.05) is 13.1 Å². The second-order valence-corrected chi connectivity index (χ2v) is 6.46. The third-order valence-electron chi connectivity index (χ3n) is 4.74. The average Bonchev–Trinajstić information content (AvgIpc) is 3.14. The van der Waals surface area contributed by atoms with E-state index in [0.29, 0.717) is 5.56 Å². The summed E-state index contributed by atoms with van der Waals surface area (Å²) in [4.78, 5) is 26.5. The van der Waals surface area contributed by atoms with Crippen molar-refractivity contribution in [1.82, 2.24) is 10.2 Å². The van der Waals surface area contributed by atoms with Crippen LogP contribution in [0.3, 0.4) is 0 Å². The Bertz CT molecular complexity index is 700. The Kier molecular flexibility index (Phi) is 5.83. The first-order valence-electron chi connectivity index (χ1n) is 8.90. The summed E-state index contributed by atoms with van der Waals surface area (Å²) in [6.45, 7) is 0.856. The van der Waals surface area contributed by atoms with Gasteiger partial charge in [0.15, 0.2) is 0 Å². The van der Waals surface area contributed by atoms with Crippen LogP contribution in [0.2, 0.25) is 0 Å². The maximum Gasteiger partial charge on any atom is 0.251 e. The van der Waals surface area contributed by atoms with Crippen molar-refractivity contribution < 1.29 is 9.59 Å². The summed E-state index contributed by atoms with van der Waals surface area (Å²) in [5.74, 6) is -0.186. The summed E-state index contributed by atoms with van der Waals surface area (Å²) in [5, 5.41) is 2.74. The van der Waals surface area contributed by atoms with E-state index in [0.717, 1.165) is 32.2 Å². The fourth-order valence-corrected chi connectivity index (χ4v) is 3.39. The number of nitrogens with zero attached hydrogens (tertiary/aromatic N) is 1. The normalized spacial score (nSPS) is 16.6. The van der Waals surface area contributed by atoms with Crippen molar-refractivity contribution in [1.29, 1.82) is 0 Å². The molecule has 1 atom stereocenters. The predicted molar refractivity (Wildman–Crippen MR) is 98.3 cm³/mol. The number of likely N-dealkylation sites (tertiary alicyclic amines) is 1. The maximum atomic E-state index is 12.5. The standard InChI is InChI=1S/C21H24N2O2/c24-20(16-22-21(25)18-10-5-2-6-11-18)23-15-7-12-19(23)14-13-17-8-3-1-4-9-17/h1-6,8-11,19H,7,12-16H2,(H,22,25)/t19-/m0/s1. The zero-order valence-electron chi connectivity index (χ0n) is 14.4. The molecule has 4 nitrogen and oxygen atoms in total. The molecule has 0 unspecified atom stereocenters. The van der Waals surface area contributed by atoms with E-state index < -0.39 is 0 Å². The molecule has 2 amide bonds. The second kappa shape index (κ2) is 8.47. The Hall–Kier alpha value is -2.62. The summed E-state index contributed by atoms with van der Waals surface area (Å²) in [7, 11) is 0. The SMILES string of the molecule is O=C(NCC(=O)N1CCC[C@H]1CCc1ccccc1)c1ccccc1. The monoisotopic (exact) mass is 336 g/mol. The van der Waals surface area contributed by atoms with E-state index in [9.17, 15) is 9.59 Å². The largest absolute Gasteiger partial charge is 0.343 e. The van der Waals surface area contributed by atoms with Gasteiger partial charge in [-0.25, -0.2) is 0 Å². The number of hydrogen-bond donors (Lipinski definition) is 1. The van der Waals surface area contributed by atoms with Crippen molar-refractivity contribution >= 4 is 11.8 Å². The molecule has 0 aromatic heterocycles. The van der Waals surface area contributed by atoms with Crippen molar-refractivity contribution in [3.8, 4) is 0 Å². The molecule has 0 bridgehead atoms. The van der Waals surface area contributed by atoms with Crippen LogP contribution in [0.5, 0.6) is 0 Å². The fraction of sp³-hybridized carbons (Fsp3) is 0.333. The Morgan fingerprint density at radius 2 is 1.68 bits per heavy atom. The summed E-state index contributed by atoms with van der Waals surface area (Å²) >= 11 is 0. The first kappa shape index (κ1) is 17.2. The van der Waals surface area contributed by atoms with E-state index in [-0.39, 0.29) is 24.4 Å². The molecule has 1 heterocycles. The molecule has 1 saturated heterocycles. The maximum absolute atomic E-state index is 12.5. The molecule has 1 fully saturated rings. The number of carbonyl (C=O) groups is 2. The topological polar surface area (TPSA) is 49.4 Å². The fourth-order valence-electron chi connectivity index (χ4n) is 3.39. The van der Waals surface area contributed by atoms with Crippen molar-refractivity contribution in [3.63, 3.8) is 0 Å². The number of rotatable bonds is 6. The van der Waals surface area contributed by atoms with E-state index in [1.807, 2.05) is 41.3 Å². The molecule has 1 aliphatic rings. The quantitative estimate of drug-likeness (QED) is 0.881. The highest BCUT2D eigenvalue weighted by Gasteiger charge is 2.28. The minimum absolute atomic E-state index is 0.0137. The van der Waals surface area contributed by atoms with Crippen LogP contribution in [0.15, 0.2) is 60.7 Å². The van der Waals surface area contributed by atoms with Crippen LogP contribution in [0, 0.1) is 0 Å². The number of nitrogens with one attached hydrogen (secondary N) is 1.